The van der Waals surface area contributed by atoms with Crippen LogP contribution in [0.1, 0.15) is 31.6 Å². The number of hydrogen-bond acceptors (Lipinski definition) is 7. The first kappa shape index (κ1) is 18.7. The molecule has 2 aliphatic heterocycles. The second kappa shape index (κ2) is 8.20. The van der Waals surface area contributed by atoms with Crippen molar-refractivity contribution in [3.05, 3.63) is 30.4 Å². The van der Waals surface area contributed by atoms with Crippen LogP contribution >= 0.6 is 0 Å². The summed E-state index contributed by atoms with van der Waals surface area (Å²) < 4.78 is 11.2. The standard InChI is InChI=1S/C21H27N5O3/c27-20(3-1-2-19-23-21(24-29-19)16-6-8-22-9-7-16)25-10-11-26-17(12-25)13-28-14-18(26)15-4-5-15/h6-9,15,17-18H,1-5,10-14H2/t17-,18-/m1/s1. The van der Waals surface area contributed by atoms with Crippen molar-refractivity contribution >= 4 is 5.91 Å². The van der Waals surface area contributed by atoms with Gasteiger partial charge in [-0.25, -0.2) is 0 Å². The molecular formula is C21H27N5O3. The number of fused-ring (bicyclic) bond motifs is 1. The van der Waals surface area contributed by atoms with E-state index < -0.39 is 0 Å². The van der Waals surface area contributed by atoms with Crippen LogP contribution in [-0.2, 0) is 16.0 Å². The summed E-state index contributed by atoms with van der Waals surface area (Å²) in [4.78, 5) is 25.7. The first-order valence-corrected chi connectivity index (χ1v) is 10.6. The maximum absolute atomic E-state index is 12.7. The largest absolute Gasteiger partial charge is 0.378 e. The van der Waals surface area contributed by atoms with Gasteiger partial charge in [-0.2, -0.15) is 4.98 Å². The van der Waals surface area contributed by atoms with Crippen LogP contribution < -0.4 is 0 Å². The van der Waals surface area contributed by atoms with E-state index in [0.29, 0.717) is 43.1 Å². The molecule has 2 atom stereocenters. The fourth-order valence-electron chi connectivity index (χ4n) is 4.51. The number of ether oxygens (including phenoxy) is 1. The molecule has 8 heteroatoms. The minimum absolute atomic E-state index is 0.215. The number of nitrogens with zero attached hydrogens (tertiary/aromatic N) is 5. The topological polar surface area (TPSA) is 84.6 Å². The molecular weight excluding hydrogens is 370 g/mol. The second-order valence-electron chi connectivity index (χ2n) is 8.27. The molecule has 0 radical (unpaired) electrons. The van der Waals surface area contributed by atoms with Gasteiger partial charge >= 0.3 is 0 Å². The summed E-state index contributed by atoms with van der Waals surface area (Å²) >= 11 is 0. The minimum atomic E-state index is 0.215. The number of hydrogen-bond donors (Lipinski definition) is 0. The van der Waals surface area contributed by atoms with Crippen LogP contribution in [0.5, 0.6) is 0 Å². The van der Waals surface area contributed by atoms with Gasteiger partial charge in [0.25, 0.3) is 0 Å². The number of carbonyl (C=O) groups excluding carboxylic acids is 1. The Morgan fingerprint density at radius 1 is 1.17 bits per heavy atom. The van der Waals surface area contributed by atoms with E-state index >= 15 is 0 Å². The van der Waals surface area contributed by atoms with E-state index in [1.165, 1.54) is 12.8 Å². The third-order valence-corrected chi connectivity index (χ3v) is 6.26. The van der Waals surface area contributed by atoms with Gasteiger partial charge in [0.15, 0.2) is 0 Å². The molecule has 2 aromatic heterocycles. The maximum Gasteiger partial charge on any atom is 0.226 e. The van der Waals surface area contributed by atoms with Crippen LogP contribution in [0, 0.1) is 5.92 Å². The zero-order valence-electron chi connectivity index (χ0n) is 16.6. The fraction of sp³-hybridized carbons (Fsp3) is 0.619. The Hall–Kier alpha value is -2.32. The molecule has 1 saturated carbocycles. The molecule has 1 aliphatic carbocycles. The average Bonchev–Trinajstić information content (AvgIpc) is 3.51. The molecule has 3 fully saturated rings. The zero-order chi connectivity index (χ0) is 19.6. The molecule has 0 spiro atoms. The summed E-state index contributed by atoms with van der Waals surface area (Å²) in [6.45, 7) is 4.19. The van der Waals surface area contributed by atoms with E-state index in [-0.39, 0.29) is 5.91 Å². The van der Waals surface area contributed by atoms with Crippen molar-refractivity contribution in [2.45, 2.75) is 44.2 Å². The summed E-state index contributed by atoms with van der Waals surface area (Å²) in [5.41, 5.74) is 0.878. The third kappa shape index (κ3) is 4.18. The maximum atomic E-state index is 12.7. The van der Waals surface area contributed by atoms with Crippen molar-refractivity contribution in [1.82, 2.24) is 24.9 Å². The van der Waals surface area contributed by atoms with Gasteiger partial charge in [0.2, 0.25) is 17.6 Å². The number of morpholine rings is 1. The molecule has 2 aromatic rings. The summed E-state index contributed by atoms with van der Waals surface area (Å²) in [6, 6.07) is 4.62. The number of pyridine rings is 1. The third-order valence-electron chi connectivity index (χ3n) is 6.26. The number of piperazine rings is 1. The van der Waals surface area contributed by atoms with Gasteiger partial charge in [-0.1, -0.05) is 5.16 Å². The molecule has 4 heterocycles. The molecule has 0 unspecified atom stereocenters. The normalized spacial score (nSPS) is 25.0. The number of amides is 1. The SMILES string of the molecule is O=C(CCCc1nc(-c2ccncc2)no1)N1CCN2[C@@H](COC[C@@H]2C2CC2)C1. The van der Waals surface area contributed by atoms with Crippen LogP contribution in [0.2, 0.25) is 0 Å². The van der Waals surface area contributed by atoms with Crippen LogP contribution in [0.3, 0.4) is 0 Å². The Bertz CT molecular complexity index is 838. The highest BCUT2D eigenvalue weighted by Gasteiger charge is 2.43. The predicted octanol–water partition coefficient (Wildman–Crippen LogP) is 1.78. The van der Waals surface area contributed by atoms with Gasteiger partial charge in [0, 0.05) is 56.5 Å². The van der Waals surface area contributed by atoms with E-state index in [4.69, 9.17) is 9.26 Å². The molecule has 3 aliphatic rings. The molecule has 1 amide bonds. The van der Waals surface area contributed by atoms with Crippen molar-refractivity contribution < 1.29 is 14.1 Å². The Morgan fingerprint density at radius 2 is 2.03 bits per heavy atom. The van der Waals surface area contributed by atoms with Gasteiger partial charge in [-0.05, 0) is 37.3 Å². The van der Waals surface area contributed by atoms with Gasteiger partial charge < -0.3 is 14.2 Å². The average molecular weight is 397 g/mol. The number of aromatic nitrogens is 3. The lowest BCUT2D eigenvalue weighted by molar-refractivity contribution is -0.140. The van der Waals surface area contributed by atoms with Crippen molar-refractivity contribution in [2.24, 2.45) is 5.92 Å². The van der Waals surface area contributed by atoms with Crippen molar-refractivity contribution in [3.8, 4) is 11.4 Å². The first-order valence-electron chi connectivity index (χ1n) is 10.6. The van der Waals surface area contributed by atoms with E-state index in [1.54, 1.807) is 12.4 Å². The zero-order valence-corrected chi connectivity index (χ0v) is 16.6. The van der Waals surface area contributed by atoms with Crippen LogP contribution in [0.15, 0.2) is 29.0 Å². The lowest BCUT2D eigenvalue weighted by Gasteiger charge is -2.48. The molecule has 2 saturated heterocycles. The highest BCUT2D eigenvalue weighted by Crippen LogP contribution is 2.38. The molecule has 154 valence electrons. The Labute approximate surface area is 170 Å². The predicted molar refractivity (Wildman–Crippen MR) is 105 cm³/mol. The molecule has 0 aromatic carbocycles. The van der Waals surface area contributed by atoms with Crippen molar-refractivity contribution in [1.29, 1.82) is 0 Å². The molecule has 5 rings (SSSR count). The lowest BCUT2D eigenvalue weighted by Crippen LogP contribution is -2.63. The number of aryl methyl sites for hydroxylation is 1. The molecule has 0 N–H and O–H groups in total. The van der Waals surface area contributed by atoms with E-state index in [1.807, 2.05) is 17.0 Å². The van der Waals surface area contributed by atoms with E-state index in [2.05, 4.69) is 20.0 Å². The fourth-order valence-corrected chi connectivity index (χ4v) is 4.51. The smallest absolute Gasteiger partial charge is 0.226 e. The van der Waals surface area contributed by atoms with Gasteiger partial charge in [-0.3, -0.25) is 14.7 Å². The Kier molecular flexibility index (Phi) is 5.28. The summed E-state index contributed by atoms with van der Waals surface area (Å²) in [5.74, 6) is 2.16. The number of rotatable bonds is 6. The second-order valence-corrected chi connectivity index (χ2v) is 8.27. The monoisotopic (exact) mass is 397 g/mol. The van der Waals surface area contributed by atoms with E-state index in [0.717, 1.165) is 44.3 Å². The van der Waals surface area contributed by atoms with Crippen molar-refractivity contribution in [3.63, 3.8) is 0 Å². The minimum Gasteiger partial charge on any atom is -0.378 e. The van der Waals surface area contributed by atoms with Gasteiger partial charge in [0.05, 0.1) is 19.3 Å². The molecule has 0 bridgehead atoms. The Balaban J connectivity index is 1.10. The number of carbonyl (C=O) groups is 1. The highest BCUT2D eigenvalue weighted by atomic mass is 16.5. The van der Waals surface area contributed by atoms with Gasteiger partial charge in [0.1, 0.15) is 0 Å². The molecule has 29 heavy (non-hydrogen) atoms. The lowest BCUT2D eigenvalue weighted by atomic mass is 10.0. The van der Waals surface area contributed by atoms with Crippen molar-refractivity contribution in [2.75, 3.05) is 32.8 Å². The summed E-state index contributed by atoms with van der Waals surface area (Å²) in [7, 11) is 0. The quantitative estimate of drug-likeness (QED) is 0.734. The van der Waals surface area contributed by atoms with Crippen LogP contribution in [-0.4, -0.2) is 75.8 Å². The van der Waals surface area contributed by atoms with Crippen LogP contribution in [0.25, 0.3) is 11.4 Å². The van der Waals surface area contributed by atoms with Gasteiger partial charge in [-0.15, -0.1) is 0 Å². The van der Waals surface area contributed by atoms with Crippen LogP contribution in [0.4, 0.5) is 0 Å². The summed E-state index contributed by atoms with van der Waals surface area (Å²) in [6.07, 6.45) is 7.90. The molecule has 8 nitrogen and oxygen atoms in total. The Morgan fingerprint density at radius 3 is 2.86 bits per heavy atom. The first-order chi connectivity index (χ1) is 14.3. The highest BCUT2D eigenvalue weighted by molar-refractivity contribution is 5.76. The summed E-state index contributed by atoms with van der Waals surface area (Å²) in [5, 5.41) is 4.02. The van der Waals surface area contributed by atoms with E-state index in [9.17, 15) is 4.79 Å².